The Labute approximate surface area is 105 Å². The van der Waals surface area contributed by atoms with Crippen LogP contribution in [-0.2, 0) is 21.2 Å². The molecule has 0 aliphatic heterocycles. The first kappa shape index (κ1) is 14.6. The van der Waals surface area contributed by atoms with Gasteiger partial charge in [0.2, 0.25) is 10.0 Å². The maximum Gasteiger partial charge on any atom is 0.333 e. The average Bonchev–Trinajstić information content (AvgIpc) is 2.35. The molecule has 7 nitrogen and oxygen atoms in total. The Morgan fingerprint density at radius 2 is 2.00 bits per heavy atom. The average molecular weight is 274 g/mol. The molecule has 0 saturated carbocycles. The molecule has 0 unspecified atom stereocenters. The normalized spacial score (nSPS) is 13.2. The number of nitrogens with zero attached hydrogens (tertiary/aromatic N) is 1. The number of rotatable bonds is 7. The minimum atomic E-state index is -3.60. The summed E-state index contributed by atoms with van der Waals surface area (Å²) in [5.41, 5.74) is 0.814. The van der Waals surface area contributed by atoms with E-state index in [0.717, 1.165) is 5.56 Å². The molecule has 0 radical (unpaired) electrons. The number of aliphatic hydroxyl groups excluding tert-OH is 1. The van der Waals surface area contributed by atoms with Crippen molar-refractivity contribution < 1.29 is 23.4 Å². The van der Waals surface area contributed by atoms with Gasteiger partial charge in [0.25, 0.3) is 0 Å². The van der Waals surface area contributed by atoms with Gasteiger partial charge in [-0.1, -0.05) is 0 Å². The molecular formula is C10H14N2O5S. The summed E-state index contributed by atoms with van der Waals surface area (Å²) in [7, 11) is -3.60. The molecule has 0 bridgehead atoms. The lowest BCUT2D eigenvalue weighted by molar-refractivity contribution is -0.146. The second kappa shape index (κ2) is 6.43. The number of aliphatic hydroxyl groups is 1. The molecule has 1 atom stereocenters. The van der Waals surface area contributed by atoms with E-state index in [-0.39, 0.29) is 5.75 Å². The fraction of sp³-hybridized carbons (Fsp3) is 0.400. The van der Waals surface area contributed by atoms with E-state index >= 15 is 0 Å². The largest absolute Gasteiger partial charge is 0.479 e. The van der Waals surface area contributed by atoms with Gasteiger partial charge in [0.15, 0.2) is 6.10 Å². The summed E-state index contributed by atoms with van der Waals surface area (Å²) in [6.07, 6.45) is 1.68. The van der Waals surface area contributed by atoms with E-state index in [1.807, 2.05) is 4.72 Å². The molecule has 1 aromatic heterocycles. The second-order valence-electron chi connectivity index (χ2n) is 3.63. The third-order valence-electron chi connectivity index (χ3n) is 2.19. The van der Waals surface area contributed by atoms with Crippen LogP contribution < -0.4 is 4.72 Å². The Hall–Kier alpha value is -1.51. The van der Waals surface area contributed by atoms with Crippen LogP contribution in [0.5, 0.6) is 0 Å². The van der Waals surface area contributed by atoms with E-state index in [0.29, 0.717) is 6.42 Å². The van der Waals surface area contributed by atoms with Crippen LogP contribution in [0.25, 0.3) is 0 Å². The van der Waals surface area contributed by atoms with Gasteiger partial charge >= 0.3 is 5.97 Å². The van der Waals surface area contributed by atoms with Crippen molar-refractivity contribution in [2.45, 2.75) is 12.5 Å². The maximum atomic E-state index is 11.5. The molecule has 3 N–H and O–H groups in total. The van der Waals surface area contributed by atoms with Crippen molar-refractivity contribution >= 4 is 16.0 Å². The lowest BCUT2D eigenvalue weighted by Gasteiger charge is -2.08. The number of pyridine rings is 1. The zero-order valence-corrected chi connectivity index (χ0v) is 10.3. The summed E-state index contributed by atoms with van der Waals surface area (Å²) in [6.45, 7) is -0.534. The van der Waals surface area contributed by atoms with E-state index in [2.05, 4.69) is 4.98 Å². The van der Waals surface area contributed by atoms with Gasteiger partial charge in [-0.2, -0.15) is 0 Å². The number of hydrogen-bond donors (Lipinski definition) is 3. The lowest BCUT2D eigenvalue weighted by Crippen LogP contribution is -2.37. The van der Waals surface area contributed by atoms with Gasteiger partial charge in [0, 0.05) is 18.9 Å². The van der Waals surface area contributed by atoms with Gasteiger partial charge in [-0.15, -0.1) is 0 Å². The lowest BCUT2D eigenvalue weighted by atomic mass is 10.2. The Morgan fingerprint density at radius 1 is 1.39 bits per heavy atom. The Bertz CT molecular complexity index is 488. The Balaban J connectivity index is 2.43. The van der Waals surface area contributed by atoms with Gasteiger partial charge in [-0.3, -0.25) is 4.98 Å². The predicted molar refractivity (Wildman–Crippen MR) is 63.4 cm³/mol. The van der Waals surface area contributed by atoms with E-state index in [4.69, 9.17) is 10.2 Å². The molecule has 0 saturated heterocycles. The minimum Gasteiger partial charge on any atom is -0.479 e. The van der Waals surface area contributed by atoms with E-state index in [1.165, 1.54) is 0 Å². The third-order valence-corrected chi connectivity index (χ3v) is 3.54. The van der Waals surface area contributed by atoms with Gasteiger partial charge in [-0.05, 0) is 24.1 Å². The number of aliphatic carboxylic acids is 1. The highest BCUT2D eigenvalue weighted by molar-refractivity contribution is 7.89. The van der Waals surface area contributed by atoms with Crippen LogP contribution in [0.15, 0.2) is 24.5 Å². The zero-order chi connectivity index (χ0) is 13.6. The molecule has 0 spiro atoms. The van der Waals surface area contributed by atoms with Crippen molar-refractivity contribution in [1.82, 2.24) is 9.71 Å². The van der Waals surface area contributed by atoms with Gasteiger partial charge in [0.05, 0.1) is 5.75 Å². The first-order chi connectivity index (χ1) is 8.41. The predicted octanol–water partition coefficient (Wildman–Crippen LogP) is -1.01. The summed E-state index contributed by atoms with van der Waals surface area (Å²) in [5.74, 6) is -1.64. The zero-order valence-electron chi connectivity index (χ0n) is 9.48. The first-order valence-corrected chi connectivity index (χ1v) is 6.83. The molecule has 8 heteroatoms. The minimum absolute atomic E-state index is 0.177. The van der Waals surface area contributed by atoms with E-state index in [1.54, 1.807) is 24.5 Å². The molecule has 0 fully saturated rings. The monoisotopic (exact) mass is 274 g/mol. The third kappa shape index (κ3) is 5.21. The highest BCUT2D eigenvalue weighted by atomic mass is 32.2. The maximum absolute atomic E-state index is 11.5. The highest BCUT2D eigenvalue weighted by Gasteiger charge is 2.17. The molecule has 0 aliphatic rings. The molecule has 1 heterocycles. The topological polar surface area (TPSA) is 117 Å². The molecule has 100 valence electrons. The van der Waals surface area contributed by atoms with Crippen LogP contribution in [0.1, 0.15) is 5.56 Å². The number of carboxylic acids is 1. The molecule has 18 heavy (non-hydrogen) atoms. The second-order valence-corrected chi connectivity index (χ2v) is 5.55. The van der Waals surface area contributed by atoms with Crippen LogP contribution in [0, 0.1) is 0 Å². The summed E-state index contributed by atoms with van der Waals surface area (Å²) in [5, 5.41) is 17.3. The smallest absolute Gasteiger partial charge is 0.333 e. The van der Waals surface area contributed by atoms with Crippen LogP contribution in [0.4, 0.5) is 0 Å². The van der Waals surface area contributed by atoms with Crippen molar-refractivity contribution in [1.29, 1.82) is 0 Å². The summed E-state index contributed by atoms with van der Waals surface area (Å²) in [6, 6.07) is 3.39. The molecule has 0 aromatic carbocycles. The van der Waals surface area contributed by atoms with Crippen molar-refractivity contribution in [2.24, 2.45) is 0 Å². The van der Waals surface area contributed by atoms with Crippen molar-refractivity contribution in [2.75, 3.05) is 12.3 Å². The van der Waals surface area contributed by atoms with Crippen LogP contribution in [-0.4, -0.2) is 48.0 Å². The van der Waals surface area contributed by atoms with Gasteiger partial charge in [-0.25, -0.2) is 17.9 Å². The van der Waals surface area contributed by atoms with E-state index in [9.17, 15) is 13.2 Å². The van der Waals surface area contributed by atoms with Gasteiger partial charge in [0.1, 0.15) is 0 Å². The van der Waals surface area contributed by atoms with Crippen LogP contribution in [0.3, 0.4) is 0 Å². The summed E-state index contributed by atoms with van der Waals surface area (Å²) in [4.78, 5) is 14.1. The van der Waals surface area contributed by atoms with Crippen LogP contribution in [0.2, 0.25) is 0 Å². The van der Waals surface area contributed by atoms with Crippen LogP contribution >= 0.6 is 0 Å². The Morgan fingerprint density at radius 3 is 2.56 bits per heavy atom. The number of sulfonamides is 1. The molecular weight excluding hydrogens is 260 g/mol. The number of carboxylic acid groups (broad SMARTS) is 1. The number of hydrogen-bond acceptors (Lipinski definition) is 5. The SMILES string of the molecule is O=C(O)[C@@H](O)CNS(=O)(=O)CCc1ccncc1. The summed E-state index contributed by atoms with van der Waals surface area (Å²) >= 11 is 0. The molecule has 0 amide bonds. The quantitative estimate of drug-likeness (QED) is 0.586. The fourth-order valence-corrected chi connectivity index (χ4v) is 2.23. The highest BCUT2D eigenvalue weighted by Crippen LogP contribution is 1.99. The number of carbonyl (C=O) groups is 1. The molecule has 0 aliphatic carbocycles. The standard InChI is InChI=1S/C10H14N2O5S/c13-9(10(14)15)7-12-18(16,17)6-3-8-1-4-11-5-2-8/h1-2,4-5,9,12-13H,3,6-7H2,(H,14,15)/t9-/m0/s1. The van der Waals surface area contributed by atoms with Crippen molar-refractivity contribution in [3.8, 4) is 0 Å². The Kier molecular flexibility index (Phi) is 5.20. The van der Waals surface area contributed by atoms with Crippen molar-refractivity contribution in [3.05, 3.63) is 30.1 Å². The van der Waals surface area contributed by atoms with Crippen molar-refractivity contribution in [3.63, 3.8) is 0 Å². The number of nitrogens with one attached hydrogen (secondary N) is 1. The summed E-state index contributed by atoms with van der Waals surface area (Å²) < 4.78 is 25.0. The number of aromatic nitrogens is 1. The number of aryl methyl sites for hydroxylation is 1. The molecule has 1 rings (SSSR count). The fourth-order valence-electron chi connectivity index (χ4n) is 1.17. The van der Waals surface area contributed by atoms with E-state index < -0.39 is 28.6 Å². The first-order valence-electron chi connectivity index (χ1n) is 5.18. The van der Waals surface area contributed by atoms with Gasteiger partial charge < -0.3 is 10.2 Å². The molecule has 1 aromatic rings.